The second-order valence-corrected chi connectivity index (χ2v) is 5.34. The summed E-state index contributed by atoms with van der Waals surface area (Å²) in [7, 11) is 0. The molecule has 1 fully saturated rings. The van der Waals surface area contributed by atoms with Crippen LogP contribution >= 0.6 is 0 Å². The van der Waals surface area contributed by atoms with Gasteiger partial charge in [0.2, 0.25) is 0 Å². The van der Waals surface area contributed by atoms with Gasteiger partial charge in [0, 0.05) is 36.6 Å². The molecule has 1 aliphatic rings. The number of H-pyrrole nitrogens is 1. The molecule has 1 aromatic heterocycles. The minimum absolute atomic E-state index is 0.0782. The number of benzene rings is 1. The standard InChI is InChI=1S/C15H17FN4O/c16-13-8-11(17)3-4-12(13)15(21)20-7-1-2-10(9-20)14-5-6-18-19-14/h3-6,8,10H,1-2,7,9,17H2,(H,18,19). The molecule has 1 aromatic carbocycles. The maximum Gasteiger partial charge on any atom is 0.256 e. The van der Waals surface area contributed by atoms with E-state index in [4.69, 9.17) is 5.73 Å². The van der Waals surface area contributed by atoms with E-state index in [1.165, 1.54) is 12.1 Å². The summed E-state index contributed by atoms with van der Waals surface area (Å²) < 4.78 is 13.9. The van der Waals surface area contributed by atoms with Crippen LogP contribution in [0.2, 0.25) is 0 Å². The Kier molecular flexibility index (Phi) is 3.60. The lowest BCUT2D eigenvalue weighted by Crippen LogP contribution is -2.39. The second kappa shape index (κ2) is 5.55. The molecule has 0 aliphatic carbocycles. The summed E-state index contributed by atoms with van der Waals surface area (Å²) in [5.74, 6) is -0.623. The SMILES string of the molecule is Nc1ccc(C(=O)N2CCCC(c3ccn[nH]3)C2)c(F)c1. The molecule has 0 bridgehead atoms. The molecule has 5 nitrogen and oxygen atoms in total. The lowest BCUT2D eigenvalue weighted by atomic mass is 9.94. The van der Waals surface area contributed by atoms with E-state index in [2.05, 4.69) is 10.2 Å². The highest BCUT2D eigenvalue weighted by atomic mass is 19.1. The zero-order chi connectivity index (χ0) is 14.8. The lowest BCUT2D eigenvalue weighted by Gasteiger charge is -2.32. The Morgan fingerprint density at radius 1 is 1.43 bits per heavy atom. The maximum atomic E-state index is 13.9. The van der Waals surface area contributed by atoms with Crippen molar-refractivity contribution in [1.82, 2.24) is 15.1 Å². The summed E-state index contributed by atoms with van der Waals surface area (Å²) in [4.78, 5) is 14.2. The van der Waals surface area contributed by atoms with E-state index in [0.717, 1.165) is 18.5 Å². The zero-order valence-electron chi connectivity index (χ0n) is 11.6. The number of rotatable bonds is 2. The van der Waals surface area contributed by atoms with Gasteiger partial charge in [-0.3, -0.25) is 9.89 Å². The van der Waals surface area contributed by atoms with Crippen LogP contribution in [0.3, 0.4) is 0 Å². The van der Waals surface area contributed by atoms with Gasteiger partial charge in [-0.05, 0) is 37.1 Å². The smallest absolute Gasteiger partial charge is 0.256 e. The number of anilines is 1. The molecule has 110 valence electrons. The van der Waals surface area contributed by atoms with E-state index in [0.29, 0.717) is 18.8 Å². The van der Waals surface area contributed by atoms with Gasteiger partial charge in [-0.2, -0.15) is 5.10 Å². The van der Waals surface area contributed by atoms with E-state index >= 15 is 0 Å². The summed E-state index contributed by atoms with van der Waals surface area (Å²) in [6, 6.07) is 6.10. The molecule has 1 atom stereocenters. The zero-order valence-corrected chi connectivity index (χ0v) is 11.6. The fourth-order valence-electron chi connectivity index (χ4n) is 2.78. The van der Waals surface area contributed by atoms with Crippen LogP contribution < -0.4 is 5.73 Å². The Hall–Kier alpha value is -2.37. The number of nitrogen functional groups attached to an aromatic ring is 1. The Bertz CT molecular complexity index is 641. The van der Waals surface area contributed by atoms with Gasteiger partial charge >= 0.3 is 0 Å². The van der Waals surface area contributed by atoms with Gasteiger partial charge in [-0.15, -0.1) is 0 Å². The maximum absolute atomic E-state index is 13.9. The van der Waals surface area contributed by atoms with Crippen molar-refractivity contribution in [3.8, 4) is 0 Å². The van der Waals surface area contributed by atoms with Crippen LogP contribution in [-0.2, 0) is 0 Å². The molecule has 2 heterocycles. The molecule has 6 heteroatoms. The predicted octanol–water partition coefficient (Wildman–Crippen LogP) is 2.15. The Morgan fingerprint density at radius 2 is 2.29 bits per heavy atom. The van der Waals surface area contributed by atoms with Crippen molar-refractivity contribution in [3.63, 3.8) is 0 Å². The van der Waals surface area contributed by atoms with Crippen LogP contribution in [0.15, 0.2) is 30.5 Å². The normalized spacial score (nSPS) is 18.7. The first-order valence-electron chi connectivity index (χ1n) is 6.98. The number of carbonyl (C=O) groups excluding carboxylic acids is 1. The van der Waals surface area contributed by atoms with Crippen molar-refractivity contribution in [2.75, 3.05) is 18.8 Å². The van der Waals surface area contributed by atoms with Crippen molar-refractivity contribution in [2.24, 2.45) is 0 Å². The topological polar surface area (TPSA) is 75.0 Å². The number of halogens is 1. The summed E-state index contributed by atoms with van der Waals surface area (Å²) in [5, 5.41) is 6.89. The van der Waals surface area contributed by atoms with Gasteiger partial charge < -0.3 is 10.6 Å². The first kappa shape index (κ1) is 13.6. The molecule has 0 radical (unpaired) electrons. The van der Waals surface area contributed by atoms with E-state index in [1.807, 2.05) is 6.07 Å². The number of hydrogen-bond acceptors (Lipinski definition) is 3. The Labute approximate surface area is 121 Å². The van der Waals surface area contributed by atoms with Crippen LogP contribution in [0.1, 0.15) is 34.8 Å². The van der Waals surface area contributed by atoms with Crippen molar-refractivity contribution in [3.05, 3.63) is 47.5 Å². The van der Waals surface area contributed by atoms with Crippen LogP contribution in [0.25, 0.3) is 0 Å². The van der Waals surface area contributed by atoms with Crippen molar-refractivity contribution >= 4 is 11.6 Å². The van der Waals surface area contributed by atoms with Gasteiger partial charge in [-0.25, -0.2) is 4.39 Å². The molecular formula is C15H17FN4O. The number of carbonyl (C=O) groups is 1. The number of nitrogens with one attached hydrogen (secondary N) is 1. The lowest BCUT2D eigenvalue weighted by molar-refractivity contribution is 0.0701. The minimum Gasteiger partial charge on any atom is -0.399 e. The fourth-order valence-corrected chi connectivity index (χ4v) is 2.78. The average molecular weight is 288 g/mol. The molecular weight excluding hydrogens is 271 g/mol. The largest absolute Gasteiger partial charge is 0.399 e. The Morgan fingerprint density at radius 3 is 3.00 bits per heavy atom. The van der Waals surface area contributed by atoms with E-state index in [9.17, 15) is 9.18 Å². The van der Waals surface area contributed by atoms with Gasteiger partial charge in [0.25, 0.3) is 5.91 Å². The third kappa shape index (κ3) is 2.74. The summed E-state index contributed by atoms with van der Waals surface area (Å²) >= 11 is 0. The number of aromatic amines is 1. The number of nitrogens with zero attached hydrogens (tertiary/aromatic N) is 2. The van der Waals surface area contributed by atoms with E-state index < -0.39 is 5.82 Å². The molecule has 21 heavy (non-hydrogen) atoms. The van der Waals surface area contributed by atoms with Crippen molar-refractivity contribution in [2.45, 2.75) is 18.8 Å². The van der Waals surface area contributed by atoms with Crippen molar-refractivity contribution in [1.29, 1.82) is 0 Å². The third-order valence-electron chi connectivity index (χ3n) is 3.89. The van der Waals surface area contributed by atoms with Gasteiger partial charge in [0.1, 0.15) is 5.82 Å². The molecule has 3 N–H and O–H groups in total. The molecule has 0 saturated carbocycles. The van der Waals surface area contributed by atoms with Crippen LogP contribution in [0.5, 0.6) is 0 Å². The van der Waals surface area contributed by atoms with Gasteiger partial charge in [-0.1, -0.05) is 0 Å². The van der Waals surface area contributed by atoms with Crippen LogP contribution in [0.4, 0.5) is 10.1 Å². The fraction of sp³-hybridized carbons (Fsp3) is 0.333. The molecule has 1 unspecified atom stereocenters. The van der Waals surface area contributed by atoms with Crippen molar-refractivity contribution < 1.29 is 9.18 Å². The first-order valence-corrected chi connectivity index (χ1v) is 6.98. The molecule has 1 saturated heterocycles. The summed E-state index contributed by atoms with van der Waals surface area (Å²) in [6.45, 7) is 1.22. The quantitative estimate of drug-likeness (QED) is 0.831. The number of nitrogens with two attached hydrogens (primary N) is 1. The van der Waals surface area contributed by atoms with E-state index in [-0.39, 0.29) is 17.4 Å². The number of amides is 1. The molecule has 3 rings (SSSR count). The molecule has 1 amide bonds. The average Bonchev–Trinajstić information content (AvgIpc) is 3.01. The highest BCUT2D eigenvalue weighted by molar-refractivity contribution is 5.95. The third-order valence-corrected chi connectivity index (χ3v) is 3.89. The highest BCUT2D eigenvalue weighted by Gasteiger charge is 2.27. The van der Waals surface area contributed by atoms with Gasteiger partial charge in [0.05, 0.1) is 5.56 Å². The number of hydrogen-bond donors (Lipinski definition) is 2. The number of aromatic nitrogens is 2. The molecule has 2 aromatic rings. The van der Waals surface area contributed by atoms with E-state index in [1.54, 1.807) is 17.2 Å². The second-order valence-electron chi connectivity index (χ2n) is 5.34. The number of piperidine rings is 1. The minimum atomic E-state index is -0.566. The van der Waals surface area contributed by atoms with Gasteiger partial charge in [0.15, 0.2) is 0 Å². The van der Waals surface area contributed by atoms with Crippen LogP contribution in [-0.4, -0.2) is 34.1 Å². The summed E-state index contributed by atoms with van der Waals surface area (Å²) in [6.07, 6.45) is 3.60. The molecule has 1 aliphatic heterocycles. The highest BCUT2D eigenvalue weighted by Crippen LogP contribution is 2.26. The number of likely N-dealkylation sites (tertiary alicyclic amines) is 1. The Balaban J connectivity index is 1.78. The molecule has 0 spiro atoms. The van der Waals surface area contributed by atoms with Crippen LogP contribution in [0, 0.1) is 5.82 Å². The summed E-state index contributed by atoms with van der Waals surface area (Å²) in [5.41, 5.74) is 6.93. The first-order chi connectivity index (χ1) is 10.1. The monoisotopic (exact) mass is 288 g/mol. The predicted molar refractivity (Wildman–Crippen MR) is 77.3 cm³/mol.